The monoisotopic (exact) mass is 275 g/mol. The summed E-state index contributed by atoms with van der Waals surface area (Å²) in [6.07, 6.45) is 6.96. The van der Waals surface area contributed by atoms with Crippen LogP contribution in [0.25, 0.3) is 0 Å². The molecule has 2 amide bonds. The van der Waals surface area contributed by atoms with E-state index in [-0.39, 0.29) is 12.1 Å². The maximum absolute atomic E-state index is 12.7. The van der Waals surface area contributed by atoms with Crippen molar-refractivity contribution >= 4 is 6.03 Å². The lowest BCUT2D eigenvalue weighted by atomic mass is 9.97. The molecule has 3 rings (SSSR count). The largest absolute Gasteiger partial charge is 0.378 e. The number of ether oxygens (including phenoxy) is 1. The molecule has 2 aliphatic rings. The van der Waals surface area contributed by atoms with E-state index in [0.717, 1.165) is 24.9 Å². The quantitative estimate of drug-likeness (QED) is 0.788. The molecule has 1 atom stereocenters. The summed E-state index contributed by atoms with van der Waals surface area (Å²) in [6.45, 7) is 3.55. The van der Waals surface area contributed by atoms with Crippen LogP contribution in [0.2, 0.25) is 0 Å². The number of amides is 2. The van der Waals surface area contributed by atoms with E-state index in [2.05, 4.69) is 11.1 Å². The first-order valence-electron chi connectivity index (χ1n) is 7.39. The molecule has 0 spiro atoms. The van der Waals surface area contributed by atoms with Crippen molar-refractivity contribution in [2.75, 3.05) is 32.8 Å². The number of piperidine rings is 1. The number of rotatable bonds is 1. The van der Waals surface area contributed by atoms with Gasteiger partial charge in [0.05, 0.1) is 19.3 Å². The number of hydrogen-bond acceptors (Lipinski definition) is 3. The van der Waals surface area contributed by atoms with Crippen LogP contribution in [0.5, 0.6) is 0 Å². The van der Waals surface area contributed by atoms with E-state index in [4.69, 9.17) is 4.74 Å². The van der Waals surface area contributed by atoms with E-state index in [1.54, 1.807) is 6.20 Å². The van der Waals surface area contributed by atoms with Gasteiger partial charge in [-0.2, -0.15) is 0 Å². The van der Waals surface area contributed by atoms with Crippen molar-refractivity contribution in [3.8, 4) is 0 Å². The Balaban J connectivity index is 1.76. The number of nitrogens with zero attached hydrogens (tertiary/aromatic N) is 3. The lowest BCUT2D eigenvalue weighted by molar-refractivity contribution is 0.0354. The number of aromatic nitrogens is 1. The molecule has 0 aliphatic carbocycles. The molecule has 0 N–H and O–H groups in total. The third-order valence-electron chi connectivity index (χ3n) is 4.10. The van der Waals surface area contributed by atoms with Crippen LogP contribution in [0.4, 0.5) is 4.79 Å². The van der Waals surface area contributed by atoms with Crippen molar-refractivity contribution < 1.29 is 9.53 Å². The van der Waals surface area contributed by atoms with Crippen LogP contribution in [0, 0.1) is 0 Å². The Hall–Kier alpha value is -1.62. The van der Waals surface area contributed by atoms with Crippen LogP contribution in [0.15, 0.2) is 24.5 Å². The van der Waals surface area contributed by atoms with E-state index in [1.807, 2.05) is 22.1 Å². The van der Waals surface area contributed by atoms with E-state index >= 15 is 0 Å². The van der Waals surface area contributed by atoms with Crippen molar-refractivity contribution in [2.45, 2.75) is 25.3 Å². The highest BCUT2D eigenvalue weighted by Crippen LogP contribution is 2.31. The first-order valence-corrected chi connectivity index (χ1v) is 7.39. The van der Waals surface area contributed by atoms with Gasteiger partial charge in [0.1, 0.15) is 0 Å². The van der Waals surface area contributed by atoms with Gasteiger partial charge in [0.25, 0.3) is 0 Å². The maximum atomic E-state index is 12.7. The van der Waals surface area contributed by atoms with Crippen molar-refractivity contribution in [3.05, 3.63) is 30.1 Å². The highest BCUT2D eigenvalue weighted by Gasteiger charge is 2.31. The molecule has 20 heavy (non-hydrogen) atoms. The minimum absolute atomic E-state index is 0.154. The Morgan fingerprint density at radius 3 is 2.85 bits per heavy atom. The average molecular weight is 275 g/mol. The SMILES string of the molecule is O=C(N1CCOCC1)N1CCCC[C@H]1c1cccnc1. The number of urea groups is 1. The van der Waals surface area contributed by atoms with Crippen LogP contribution in [0.1, 0.15) is 30.9 Å². The van der Waals surface area contributed by atoms with Crippen LogP contribution in [-0.4, -0.2) is 53.7 Å². The standard InChI is InChI=1S/C15H21N3O2/c19-15(17-8-10-20-11-9-17)18-7-2-1-5-14(18)13-4-3-6-16-12-13/h3-4,6,12,14H,1-2,5,7-11H2/t14-/m0/s1. The summed E-state index contributed by atoms with van der Waals surface area (Å²) >= 11 is 0. The lowest BCUT2D eigenvalue weighted by Crippen LogP contribution is -2.50. The highest BCUT2D eigenvalue weighted by atomic mass is 16.5. The topological polar surface area (TPSA) is 45.7 Å². The average Bonchev–Trinajstić information content (AvgIpc) is 2.56. The Morgan fingerprint density at radius 2 is 2.10 bits per heavy atom. The second-order valence-corrected chi connectivity index (χ2v) is 5.37. The van der Waals surface area contributed by atoms with Gasteiger partial charge in [-0.25, -0.2) is 4.79 Å². The number of morpholine rings is 1. The Kier molecular flexibility index (Phi) is 4.16. The number of carbonyl (C=O) groups excluding carboxylic acids is 1. The molecule has 3 heterocycles. The molecule has 0 aromatic carbocycles. The van der Waals surface area contributed by atoms with Gasteiger partial charge >= 0.3 is 6.03 Å². The summed E-state index contributed by atoms with van der Waals surface area (Å²) in [6, 6.07) is 4.35. The summed E-state index contributed by atoms with van der Waals surface area (Å²) < 4.78 is 5.33. The van der Waals surface area contributed by atoms with Gasteiger partial charge in [-0.05, 0) is 30.9 Å². The molecule has 108 valence electrons. The Bertz CT molecular complexity index is 446. The van der Waals surface area contributed by atoms with Gasteiger partial charge in [0.15, 0.2) is 0 Å². The van der Waals surface area contributed by atoms with Gasteiger partial charge in [0.2, 0.25) is 0 Å². The third kappa shape index (κ3) is 2.77. The van der Waals surface area contributed by atoms with E-state index in [9.17, 15) is 4.79 Å². The first-order chi connectivity index (χ1) is 9.86. The normalized spacial score (nSPS) is 23.7. The van der Waals surface area contributed by atoms with Gasteiger partial charge in [-0.1, -0.05) is 6.07 Å². The summed E-state index contributed by atoms with van der Waals surface area (Å²) in [5.74, 6) is 0. The molecule has 2 aliphatic heterocycles. The number of pyridine rings is 1. The molecule has 5 heteroatoms. The second kappa shape index (κ2) is 6.22. The van der Waals surface area contributed by atoms with Crippen molar-refractivity contribution in [1.29, 1.82) is 0 Å². The summed E-state index contributed by atoms with van der Waals surface area (Å²) in [5, 5.41) is 0. The Labute approximate surface area is 119 Å². The zero-order valence-corrected chi connectivity index (χ0v) is 11.7. The van der Waals surface area contributed by atoms with Crippen molar-refractivity contribution in [2.24, 2.45) is 0 Å². The third-order valence-corrected chi connectivity index (χ3v) is 4.10. The van der Waals surface area contributed by atoms with E-state index in [0.29, 0.717) is 26.3 Å². The molecular formula is C15H21N3O2. The fourth-order valence-electron chi connectivity index (χ4n) is 3.02. The van der Waals surface area contributed by atoms with E-state index < -0.39 is 0 Å². The molecule has 2 saturated heterocycles. The fourth-order valence-corrected chi connectivity index (χ4v) is 3.02. The zero-order chi connectivity index (χ0) is 13.8. The van der Waals surface area contributed by atoms with Gasteiger partial charge in [-0.15, -0.1) is 0 Å². The number of likely N-dealkylation sites (tertiary alicyclic amines) is 1. The molecule has 0 saturated carbocycles. The predicted molar refractivity (Wildman–Crippen MR) is 75.3 cm³/mol. The van der Waals surface area contributed by atoms with Crippen molar-refractivity contribution in [3.63, 3.8) is 0 Å². The maximum Gasteiger partial charge on any atom is 0.320 e. The molecule has 1 aromatic rings. The van der Waals surface area contributed by atoms with Crippen LogP contribution >= 0.6 is 0 Å². The van der Waals surface area contributed by atoms with Crippen molar-refractivity contribution in [1.82, 2.24) is 14.8 Å². The second-order valence-electron chi connectivity index (χ2n) is 5.37. The molecule has 0 unspecified atom stereocenters. The van der Waals surface area contributed by atoms with Crippen LogP contribution in [-0.2, 0) is 4.74 Å². The Morgan fingerprint density at radius 1 is 1.25 bits per heavy atom. The number of hydrogen-bond donors (Lipinski definition) is 0. The van der Waals surface area contributed by atoms with Gasteiger partial charge in [0, 0.05) is 32.0 Å². The summed E-state index contributed by atoms with van der Waals surface area (Å²) in [4.78, 5) is 20.8. The first kappa shape index (κ1) is 13.4. The molecule has 0 radical (unpaired) electrons. The summed E-state index contributed by atoms with van der Waals surface area (Å²) in [5.41, 5.74) is 1.15. The molecular weight excluding hydrogens is 254 g/mol. The van der Waals surface area contributed by atoms with E-state index in [1.165, 1.54) is 6.42 Å². The fraction of sp³-hybridized carbons (Fsp3) is 0.600. The van der Waals surface area contributed by atoms with Crippen LogP contribution in [0.3, 0.4) is 0 Å². The zero-order valence-electron chi connectivity index (χ0n) is 11.7. The minimum atomic E-state index is 0.154. The van der Waals surface area contributed by atoms with Crippen LogP contribution < -0.4 is 0 Å². The van der Waals surface area contributed by atoms with Gasteiger partial charge < -0.3 is 14.5 Å². The van der Waals surface area contributed by atoms with Gasteiger partial charge in [-0.3, -0.25) is 4.98 Å². The molecule has 2 fully saturated rings. The minimum Gasteiger partial charge on any atom is -0.378 e. The smallest absolute Gasteiger partial charge is 0.320 e. The predicted octanol–water partition coefficient (Wildman–Crippen LogP) is 2.06. The molecule has 1 aromatic heterocycles. The molecule has 5 nitrogen and oxygen atoms in total. The number of carbonyl (C=O) groups is 1. The lowest BCUT2D eigenvalue weighted by Gasteiger charge is -2.40. The highest BCUT2D eigenvalue weighted by molar-refractivity contribution is 5.75. The summed E-state index contributed by atoms with van der Waals surface area (Å²) in [7, 11) is 0. The molecule has 0 bridgehead atoms.